The van der Waals surface area contributed by atoms with Crippen LogP contribution in [0.25, 0.3) is 0 Å². The van der Waals surface area contributed by atoms with Gasteiger partial charge in [-0.3, -0.25) is 0 Å². The molecule has 1 aliphatic carbocycles. The zero-order valence-corrected chi connectivity index (χ0v) is 11.0. The minimum Gasteiger partial charge on any atom is -0.382 e. The molecule has 0 heterocycles. The van der Waals surface area contributed by atoms with Crippen LogP contribution in [0.5, 0.6) is 0 Å². The Labute approximate surface area is 100 Å². The Bertz CT molecular complexity index is 344. The molecule has 15 heavy (non-hydrogen) atoms. The third-order valence-corrected chi connectivity index (χ3v) is 3.65. The van der Waals surface area contributed by atoms with Gasteiger partial charge in [-0.1, -0.05) is 22.9 Å². The number of anilines is 1. The summed E-state index contributed by atoms with van der Waals surface area (Å²) in [7, 11) is 0. The van der Waals surface area contributed by atoms with Crippen molar-refractivity contribution >= 4 is 21.6 Å². The molecule has 0 saturated heterocycles. The van der Waals surface area contributed by atoms with E-state index in [9.17, 15) is 0 Å². The predicted molar refractivity (Wildman–Crippen MR) is 69.3 cm³/mol. The van der Waals surface area contributed by atoms with Crippen molar-refractivity contribution in [2.24, 2.45) is 5.92 Å². The third kappa shape index (κ3) is 2.75. The van der Waals surface area contributed by atoms with Crippen molar-refractivity contribution in [2.45, 2.75) is 39.2 Å². The molecule has 0 aromatic heterocycles. The van der Waals surface area contributed by atoms with E-state index in [4.69, 9.17) is 0 Å². The second-order valence-electron chi connectivity index (χ2n) is 4.43. The molecule has 1 atom stereocenters. The average molecular weight is 268 g/mol. The van der Waals surface area contributed by atoms with Crippen LogP contribution in [0.15, 0.2) is 22.7 Å². The van der Waals surface area contributed by atoms with E-state index in [0.29, 0.717) is 6.04 Å². The van der Waals surface area contributed by atoms with Gasteiger partial charge in [0.2, 0.25) is 0 Å². The maximum atomic E-state index is 3.63. The average Bonchev–Trinajstić information content (AvgIpc) is 3.04. The van der Waals surface area contributed by atoms with Crippen LogP contribution in [-0.4, -0.2) is 6.04 Å². The first-order valence-electron chi connectivity index (χ1n) is 5.75. The molecule has 1 nitrogen and oxygen atoms in total. The van der Waals surface area contributed by atoms with Gasteiger partial charge < -0.3 is 5.32 Å². The van der Waals surface area contributed by atoms with Crippen LogP contribution in [0.4, 0.5) is 5.69 Å². The monoisotopic (exact) mass is 267 g/mol. The van der Waals surface area contributed by atoms with Gasteiger partial charge in [0.05, 0.1) is 0 Å². The Kier molecular flexibility index (Phi) is 3.35. The highest BCUT2D eigenvalue weighted by Crippen LogP contribution is 2.34. The molecule has 2 heteroatoms. The number of aryl methyl sites for hydroxylation is 1. The van der Waals surface area contributed by atoms with Crippen molar-refractivity contribution in [3.63, 3.8) is 0 Å². The summed E-state index contributed by atoms with van der Waals surface area (Å²) < 4.78 is 1.17. The van der Waals surface area contributed by atoms with Crippen molar-refractivity contribution < 1.29 is 0 Å². The Hall–Kier alpha value is -0.500. The number of rotatable bonds is 4. The Morgan fingerprint density at radius 3 is 2.80 bits per heavy atom. The molecule has 1 aromatic carbocycles. The summed E-state index contributed by atoms with van der Waals surface area (Å²) in [6.07, 6.45) is 3.87. The van der Waals surface area contributed by atoms with Crippen molar-refractivity contribution in [1.29, 1.82) is 0 Å². The van der Waals surface area contributed by atoms with Gasteiger partial charge >= 0.3 is 0 Å². The highest BCUT2D eigenvalue weighted by atomic mass is 79.9. The normalized spacial score (nSPS) is 17.5. The Morgan fingerprint density at radius 1 is 1.47 bits per heavy atom. The second kappa shape index (κ2) is 4.56. The standard InChI is InChI=1S/C13H18BrN/c1-3-10-8-12(14)6-7-13(10)15-9(2)11-4-5-11/h6-9,11,15H,3-5H2,1-2H3. The summed E-state index contributed by atoms with van der Waals surface area (Å²) in [6.45, 7) is 4.49. The molecule has 2 rings (SSSR count). The van der Waals surface area contributed by atoms with E-state index < -0.39 is 0 Å². The minimum atomic E-state index is 0.622. The summed E-state index contributed by atoms with van der Waals surface area (Å²) in [4.78, 5) is 0. The molecule has 1 N–H and O–H groups in total. The third-order valence-electron chi connectivity index (χ3n) is 3.16. The van der Waals surface area contributed by atoms with Crippen LogP contribution in [0, 0.1) is 5.92 Å². The molecule has 0 spiro atoms. The Morgan fingerprint density at radius 2 is 2.20 bits per heavy atom. The van der Waals surface area contributed by atoms with Gasteiger partial charge in [0, 0.05) is 16.2 Å². The summed E-state index contributed by atoms with van der Waals surface area (Å²) in [5, 5.41) is 3.63. The molecule has 1 aromatic rings. The first-order chi connectivity index (χ1) is 7.20. The van der Waals surface area contributed by atoms with E-state index >= 15 is 0 Å². The summed E-state index contributed by atoms with van der Waals surface area (Å²) in [6, 6.07) is 7.13. The van der Waals surface area contributed by atoms with Gasteiger partial charge in [-0.2, -0.15) is 0 Å². The Balaban J connectivity index is 2.11. The lowest BCUT2D eigenvalue weighted by molar-refractivity contribution is 0.693. The first-order valence-corrected chi connectivity index (χ1v) is 6.55. The van der Waals surface area contributed by atoms with Crippen LogP contribution in [-0.2, 0) is 6.42 Å². The van der Waals surface area contributed by atoms with Gasteiger partial charge in [-0.15, -0.1) is 0 Å². The first kappa shape index (κ1) is 11.0. The molecule has 0 bridgehead atoms. The van der Waals surface area contributed by atoms with Gasteiger partial charge in [0.1, 0.15) is 0 Å². The highest BCUT2D eigenvalue weighted by molar-refractivity contribution is 9.10. The maximum Gasteiger partial charge on any atom is 0.0375 e. The number of halogens is 1. The quantitative estimate of drug-likeness (QED) is 0.862. The van der Waals surface area contributed by atoms with Gasteiger partial charge in [0.15, 0.2) is 0 Å². The van der Waals surface area contributed by atoms with E-state index in [-0.39, 0.29) is 0 Å². The lowest BCUT2D eigenvalue weighted by atomic mass is 10.1. The molecule has 1 saturated carbocycles. The lowest BCUT2D eigenvalue weighted by Crippen LogP contribution is -2.18. The predicted octanol–water partition coefficient (Wildman–Crippen LogP) is 4.22. The molecule has 0 amide bonds. The zero-order valence-electron chi connectivity index (χ0n) is 9.39. The SMILES string of the molecule is CCc1cc(Br)ccc1NC(C)C1CC1. The number of nitrogens with one attached hydrogen (secondary N) is 1. The van der Waals surface area contributed by atoms with Crippen LogP contribution >= 0.6 is 15.9 Å². The molecular formula is C13H18BrN. The van der Waals surface area contributed by atoms with Crippen molar-refractivity contribution in [1.82, 2.24) is 0 Å². The van der Waals surface area contributed by atoms with Gasteiger partial charge in [-0.25, -0.2) is 0 Å². The van der Waals surface area contributed by atoms with Crippen LogP contribution in [0.3, 0.4) is 0 Å². The van der Waals surface area contributed by atoms with E-state index in [0.717, 1.165) is 12.3 Å². The van der Waals surface area contributed by atoms with E-state index in [1.165, 1.54) is 28.6 Å². The van der Waals surface area contributed by atoms with E-state index in [1.54, 1.807) is 0 Å². The van der Waals surface area contributed by atoms with Crippen LogP contribution in [0.1, 0.15) is 32.3 Å². The largest absolute Gasteiger partial charge is 0.382 e. The number of hydrogen-bond donors (Lipinski definition) is 1. The van der Waals surface area contributed by atoms with Crippen molar-refractivity contribution in [3.8, 4) is 0 Å². The lowest BCUT2D eigenvalue weighted by Gasteiger charge is -2.17. The van der Waals surface area contributed by atoms with Crippen LogP contribution in [0.2, 0.25) is 0 Å². The molecule has 1 fully saturated rings. The zero-order chi connectivity index (χ0) is 10.8. The molecule has 82 valence electrons. The van der Waals surface area contributed by atoms with Crippen molar-refractivity contribution in [2.75, 3.05) is 5.32 Å². The number of hydrogen-bond acceptors (Lipinski definition) is 1. The van der Waals surface area contributed by atoms with Crippen molar-refractivity contribution in [3.05, 3.63) is 28.2 Å². The maximum absolute atomic E-state index is 3.63. The summed E-state index contributed by atoms with van der Waals surface area (Å²) in [5.41, 5.74) is 2.71. The fraction of sp³-hybridized carbons (Fsp3) is 0.538. The van der Waals surface area contributed by atoms with Gasteiger partial charge in [0.25, 0.3) is 0 Å². The fourth-order valence-electron chi connectivity index (χ4n) is 1.95. The molecule has 0 radical (unpaired) electrons. The summed E-state index contributed by atoms with van der Waals surface area (Å²) >= 11 is 3.52. The summed E-state index contributed by atoms with van der Waals surface area (Å²) in [5.74, 6) is 0.901. The molecule has 1 unspecified atom stereocenters. The van der Waals surface area contributed by atoms with E-state index in [1.807, 2.05) is 0 Å². The van der Waals surface area contributed by atoms with Crippen LogP contribution < -0.4 is 5.32 Å². The van der Waals surface area contributed by atoms with Gasteiger partial charge in [-0.05, 0) is 55.9 Å². The van der Waals surface area contributed by atoms with E-state index in [2.05, 4.69) is 53.3 Å². The smallest absolute Gasteiger partial charge is 0.0375 e. The minimum absolute atomic E-state index is 0.622. The molecular weight excluding hydrogens is 250 g/mol. The molecule has 1 aliphatic rings. The topological polar surface area (TPSA) is 12.0 Å². The molecule has 0 aliphatic heterocycles. The second-order valence-corrected chi connectivity index (χ2v) is 5.34. The fourth-order valence-corrected chi connectivity index (χ4v) is 2.36. The highest BCUT2D eigenvalue weighted by Gasteiger charge is 2.27. The number of benzene rings is 1.